The molecule has 1 atom stereocenters. The second kappa shape index (κ2) is 7.07. The highest BCUT2D eigenvalue weighted by atomic mass is 16.5. The van der Waals surface area contributed by atoms with E-state index in [0.717, 1.165) is 13.0 Å². The SMILES string of the molecule is COCCN(CC1(C(=O)O)CCCOC1)C(C)C. The van der Waals surface area contributed by atoms with E-state index in [-0.39, 0.29) is 0 Å². The first-order valence-electron chi connectivity index (χ1n) is 6.56. The van der Waals surface area contributed by atoms with Gasteiger partial charge in [0, 0.05) is 32.8 Å². The molecular weight excluding hydrogens is 234 g/mol. The van der Waals surface area contributed by atoms with Crippen LogP contribution >= 0.6 is 0 Å². The number of carboxylic acids is 1. The molecule has 0 amide bonds. The van der Waals surface area contributed by atoms with Gasteiger partial charge in [0.25, 0.3) is 0 Å². The minimum atomic E-state index is -0.754. The van der Waals surface area contributed by atoms with Crippen molar-refractivity contribution in [2.24, 2.45) is 5.41 Å². The zero-order valence-corrected chi connectivity index (χ0v) is 11.6. The number of carboxylic acid groups (broad SMARTS) is 1. The molecule has 0 saturated carbocycles. The Morgan fingerprint density at radius 2 is 2.28 bits per heavy atom. The second-order valence-electron chi connectivity index (χ2n) is 5.30. The maximum atomic E-state index is 11.6. The normalized spacial score (nSPS) is 24.7. The van der Waals surface area contributed by atoms with Gasteiger partial charge in [-0.05, 0) is 26.7 Å². The van der Waals surface area contributed by atoms with E-state index in [1.54, 1.807) is 7.11 Å². The lowest BCUT2D eigenvalue weighted by molar-refractivity contribution is -0.160. The quantitative estimate of drug-likeness (QED) is 0.745. The van der Waals surface area contributed by atoms with Crippen molar-refractivity contribution >= 4 is 5.97 Å². The van der Waals surface area contributed by atoms with Crippen LogP contribution in [0.4, 0.5) is 0 Å². The van der Waals surface area contributed by atoms with E-state index < -0.39 is 11.4 Å². The Kier molecular flexibility index (Phi) is 6.05. The summed E-state index contributed by atoms with van der Waals surface area (Å²) in [7, 11) is 1.66. The number of ether oxygens (including phenoxy) is 2. The van der Waals surface area contributed by atoms with Gasteiger partial charge in [-0.3, -0.25) is 9.69 Å². The summed E-state index contributed by atoms with van der Waals surface area (Å²) in [5.41, 5.74) is -0.754. The molecule has 0 spiro atoms. The van der Waals surface area contributed by atoms with Gasteiger partial charge in [0.2, 0.25) is 0 Å². The van der Waals surface area contributed by atoms with Crippen molar-refractivity contribution in [2.75, 3.05) is 40.0 Å². The minimum Gasteiger partial charge on any atom is -0.481 e. The van der Waals surface area contributed by atoms with Crippen LogP contribution in [0.15, 0.2) is 0 Å². The van der Waals surface area contributed by atoms with Gasteiger partial charge >= 0.3 is 5.97 Å². The predicted octanol–water partition coefficient (Wildman–Crippen LogP) is 1.22. The van der Waals surface area contributed by atoms with E-state index >= 15 is 0 Å². The van der Waals surface area contributed by atoms with Crippen molar-refractivity contribution in [3.05, 3.63) is 0 Å². The van der Waals surface area contributed by atoms with Crippen LogP contribution in [0.1, 0.15) is 26.7 Å². The summed E-state index contributed by atoms with van der Waals surface area (Å²) in [5, 5.41) is 9.51. The van der Waals surface area contributed by atoms with Crippen LogP contribution in [-0.4, -0.2) is 62.0 Å². The van der Waals surface area contributed by atoms with Crippen LogP contribution in [-0.2, 0) is 14.3 Å². The van der Waals surface area contributed by atoms with Crippen molar-refractivity contribution in [3.63, 3.8) is 0 Å². The second-order valence-corrected chi connectivity index (χ2v) is 5.30. The lowest BCUT2D eigenvalue weighted by Crippen LogP contribution is -2.50. The van der Waals surface area contributed by atoms with Crippen LogP contribution in [0.2, 0.25) is 0 Å². The molecule has 1 unspecified atom stereocenters. The van der Waals surface area contributed by atoms with Crippen molar-refractivity contribution in [1.82, 2.24) is 4.90 Å². The van der Waals surface area contributed by atoms with E-state index in [9.17, 15) is 9.90 Å². The molecule has 106 valence electrons. The fraction of sp³-hybridized carbons (Fsp3) is 0.923. The third kappa shape index (κ3) is 3.93. The molecule has 0 aliphatic carbocycles. The van der Waals surface area contributed by atoms with Crippen LogP contribution in [0, 0.1) is 5.41 Å². The molecule has 1 aliphatic heterocycles. The van der Waals surface area contributed by atoms with Crippen molar-refractivity contribution in [1.29, 1.82) is 0 Å². The smallest absolute Gasteiger partial charge is 0.313 e. The Morgan fingerprint density at radius 1 is 1.56 bits per heavy atom. The zero-order chi connectivity index (χ0) is 13.6. The van der Waals surface area contributed by atoms with Gasteiger partial charge in [0.1, 0.15) is 5.41 Å². The summed E-state index contributed by atoms with van der Waals surface area (Å²) in [6.07, 6.45) is 1.51. The van der Waals surface area contributed by atoms with Gasteiger partial charge in [-0.25, -0.2) is 0 Å². The highest BCUT2D eigenvalue weighted by molar-refractivity contribution is 5.75. The molecule has 1 N–H and O–H groups in total. The molecule has 5 heteroatoms. The Hall–Kier alpha value is -0.650. The molecule has 0 aromatic rings. The molecule has 1 aliphatic rings. The van der Waals surface area contributed by atoms with Gasteiger partial charge < -0.3 is 14.6 Å². The van der Waals surface area contributed by atoms with Crippen molar-refractivity contribution in [3.8, 4) is 0 Å². The Balaban J connectivity index is 2.70. The lowest BCUT2D eigenvalue weighted by Gasteiger charge is -2.39. The molecule has 0 bridgehead atoms. The molecule has 1 heterocycles. The number of aliphatic carboxylic acids is 1. The molecule has 18 heavy (non-hydrogen) atoms. The molecule has 0 aromatic carbocycles. The largest absolute Gasteiger partial charge is 0.481 e. The predicted molar refractivity (Wildman–Crippen MR) is 68.7 cm³/mol. The monoisotopic (exact) mass is 259 g/mol. The number of hydrogen-bond acceptors (Lipinski definition) is 4. The third-order valence-corrected chi connectivity index (χ3v) is 3.59. The number of hydrogen-bond donors (Lipinski definition) is 1. The molecule has 0 aromatic heterocycles. The number of rotatable bonds is 7. The van der Waals surface area contributed by atoms with Gasteiger partial charge in [-0.2, -0.15) is 0 Å². The van der Waals surface area contributed by atoms with Gasteiger partial charge in [0.15, 0.2) is 0 Å². The number of nitrogens with zero attached hydrogens (tertiary/aromatic N) is 1. The first-order chi connectivity index (χ1) is 8.52. The third-order valence-electron chi connectivity index (χ3n) is 3.59. The maximum absolute atomic E-state index is 11.6. The standard InChI is InChI=1S/C13H25NO4/c1-11(2)14(6-8-17-3)9-13(12(15)16)5-4-7-18-10-13/h11H,4-10H2,1-3H3,(H,15,16). The van der Waals surface area contributed by atoms with E-state index in [0.29, 0.717) is 38.8 Å². The molecule has 5 nitrogen and oxygen atoms in total. The summed E-state index contributed by atoms with van der Waals surface area (Å²) in [6.45, 7) is 7.05. The Morgan fingerprint density at radius 3 is 2.72 bits per heavy atom. The van der Waals surface area contributed by atoms with Crippen LogP contribution in [0.25, 0.3) is 0 Å². The highest BCUT2D eigenvalue weighted by Gasteiger charge is 2.42. The van der Waals surface area contributed by atoms with Crippen LogP contribution in [0.5, 0.6) is 0 Å². The topological polar surface area (TPSA) is 59.0 Å². The summed E-state index contributed by atoms with van der Waals surface area (Å²) >= 11 is 0. The Labute approximate surface area is 109 Å². The lowest BCUT2D eigenvalue weighted by atomic mass is 9.81. The first kappa shape index (κ1) is 15.4. The number of carbonyl (C=O) groups is 1. The summed E-state index contributed by atoms with van der Waals surface area (Å²) in [6, 6.07) is 0.304. The number of methoxy groups -OCH3 is 1. The first-order valence-corrected chi connectivity index (χ1v) is 6.56. The summed E-state index contributed by atoms with van der Waals surface area (Å²) in [5.74, 6) is -0.745. The fourth-order valence-corrected chi connectivity index (χ4v) is 2.33. The molecular formula is C13H25NO4. The van der Waals surface area contributed by atoms with E-state index in [4.69, 9.17) is 9.47 Å². The Bertz CT molecular complexity index is 262. The van der Waals surface area contributed by atoms with Crippen LogP contribution in [0.3, 0.4) is 0 Å². The molecule has 1 fully saturated rings. The fourth-order valence-electron chi connectivity index (χ4n) is 2.33. The van der Waals surface area contributed by atoms with Crippen LogP contribution < -0.4 is 0 Å². The molecule has 1 saturated heterocycles. The van der Waals surface area contributed by atoms with Crippen molar-refractivity contribution < 1.29 is 19.4 Å². The maximum Gasteiger partial charge on any atom is 0.313 e. The van der Waals surface area contributed by atoms with Gasteiger partial charge in [-0.15, -0.1) is 0 Å². The zero-order valence-electron chi connectivity index (χ0n) is 11.6. The van der Waals surface area contributed by atoms with E-state index in [1.807, 2.05) is 0 Å². The summed E-state index contributed by atoms with van der Waals surface area (Å²) < 4.78 is 10.5. The van der Waals surface area contributed by atoms with E-state index in [1.165, 1.54) is 0 Å². The molecule has 1 rings (SSSR count). The average molecular weight is 259 g/mol. The van der Waals surface area contributed by atoms with Gasteiger partial charge in [0.05, 0.1) is 13.2 Å². The van der Waals surface area contributed by atoms with Crippen molar-refractivity contribution in [2.45, 2.75) is 32.7 Å². The van der Waals surface area contributed by atoms with Gasteiger partial charge in [-0.1, -0.05) is 0 Å². The average Bonchev–Trinajstić information content (AvgIpc) is 2.35. The highest BCUT2D eigenvalue weighted by Crippen LogP contribution is 2.30. The minimum absolute atomic E-state index is 0.304. The summed E-state index contributed by atoms with van der Waals surface area (Å²) in [4.78, 5) is 13.7. The van der Waals surface area contributed by atoms with E-state index in [2.05, 4.69) is 18.7 Å². The molecule has 0 radical (unpaired) electrons.